The Bertz CT molecular complexity index is 520. The van der Waals surface area contributed by atoms with E-state index in [1.807, 2.05) is 28.8 Å². The summed E-state index contributed by atoms with van der Waals surface area (Å²) in [5.74, 6) is 0. The molecule has 0 radical (unpaired) electrons. The Balaban J connectivity index is 2.09. The van der Waals surface area contributed by atoms with Crippen LogP contribution in [0.15, 0.2) is 36.9 Å². The molecule has 1 saturated carbocycles. The van der Waals surface area contributed by atoms with Crippen molar-refractivity contribution < 1.29 is 0 Å². The first-order chi connectivity index (χ1) is 8.21. The number of hydrogen-bond acceptors (Lipinski definition) is 2. The Morgan fingerprint density at radius 1 is 1.18 bits per heavy atom. The van der Waals surface area contributed by atoms with Crippen molar-refractivity contribution in [2.45, 2.75) is 23.8 Å². The van der Waals surface area contributed by atoms with Gasteiger partial charge in [0, 0.05) is 5.02 Å². The van der Waals surface area contributed by atoms with Gasteiger partial charge in [-0.2, -0.15) is 0 Å². The molecule has 3 rings (SSSR count). The van der Waals surface area contributed by atoms with Crippen LogP contribution < -0.4 is 0 Å². The first-order valence-electron chi connectivity index (χ1n) is 5.48. The van der Waals surface area contributed by atoms with Gasteiger partial charge in [0.25, 0.3) is 0 Å². The zero-order valence-electron chi connectivity index (χ0n) is 9.05. The average Bonchev–Trinajstić information content (AvgIpc) is 2.85. The van der Waals surface area contributed by atoms with Gasteiger partial charge < -0.3 is 4.57 Å². The van der Waals surface area contributed by atoms with Gasteiger partial charge in [-0.3, -0.25) is 0 Å². The molecule has 2 aromatic rings. The van der Waals surface area contributed by atoms with Gasteiger partial charge in [0.15, 0.2) is 0 Å². The van der Waals surface area contributed by atoms with Crippen LogP contribution in [-0.2, 0) is 0 Å². The molecular weight excluding hydrogens is 257 g/mol. The van der Waals surface area contributed by atoms with Crippen LogP contribution in [0.4, 0.5) is 0 Å². The van der Waals surface area contributed by atoms with Crippen LogP contribution in [0.3, 0.4) is 0 Å². The lowest BCUT2D eigenvalue weighted by Crippen LogP contribution is -2.21. The van der Waals surface area contributed by atoms with Gasteiger partial charge in [-0.1, -0.05) is 29.8 Å². The third-order valence-corrected chi connectivity index (χ3v) is 4.08. The van der Waals surface area contributed by atoms with Crippen LogP contribution in [-0.4, -0.2) is 19.6 Å². The lowest BCUT2D eigenvalue weighted by molar-refractivity contribution is 0.541. The lowest BCUT2D eigenvalue weighted by Gasteiger charge is -2.24. The van der Waals surface area contributed by atoms with Crippen molar-refractivity contribution in [3.05, 3.63) is 47.5 Å². The molecule has 1 atom stereocenters. The second kappa shape index (κ2) is 4.00. The maximum Gasteiger partial charge on any atom is 0.119 e. The zero-order chi connectivity index (χ0) is 11.9. The summed E-state index contributed by atoms with van der Waals surface area (Å²) in [5, 5.41) is 8.44. The van der Waals surface area contributed by atoms with Gasteiger partial charge in [-0.05, 0) is 24.5 Å². The minimum Gasteiger partial charge on any atom is -0.311 e. The summed E-state index contributed by atoms with van der Waals surface area (Å²) in [6.45, 7) is 0. The molecule has 0 bridgehead atoms. The van der Waals surface area contributed by atoms with E-state index in [-0.39, 0.29) is 10.9 Å². The zero-order valence-corrected chi connectivity index (χ0v) is 10.6. The molecule has 0 saturated heterocycles. The fourth-order valence-electron chi connectivity index (χ4n) is 2.14. The summed E-state index contributed by atoms with van der Waals surface area (Å²) in [4.78, 5) is -0.243. The summed E-state index contributed by atoms with van der Waals surface area (Å²) in [6, 6.07) is 7.80. The third kappa shape index (κ3) is 1.94. The maximum atomic E-state index is 6.57. The van der Waals surface area contributed by atoms with Crippen molar-refractivity contribution in [3.8, 4) is 0 Å². The van der Waals surface area contributed by atoms with Crippen LogP contribution in [0.25, 0.3) is 0 Å². The van der Waals surface area contributed by atoms with Gasteiger partial charge in [0.05, 0.1) is 10.9 Å². The molecule has 17 heavy (non-hydrogen) atoms. The number of halogens is 2. The van der Waals surface area contributed by atoms with Gasteiger partial charge in [-0.25, -0.2) is 0 Å². The van der Waals surface area contributed by atoms with E-state index >= 15 is 0 Å². The van der Waals surface area contributed by atoms with E-state index < -0.39 is 0 Å². The first kappa shape index (κ1) is 11.1. The third-order valence-electron chi connectivity index (χ3n) is 3.15. The van der Waals surface area contributed by atoms with Crippen LogP contribution in [0.5, 0.6) is 0 Å². The molecule has 3 nitrogen and oxygen atoms in total. The summed E-state index contributed by atoms with van der Waals surface area (Å²) < 4.78 is 1.93. The number of hydrogen-bond donors (Lipinski definition) is 0. The summed E-state index contributed by atoms with van der Waals surface area (Å²) >= 11 is 12.8. The number of rotatable bonds is 3. The van der Waals surface area contributed by atoms with E-state index in [4.69, 9.17) is 23.2 Å². The van der Waals surface area contributed by atoms with Gasteiger partial charge >= 0.3 is 0 Å². The molecule has 1 heterocycles. The van der Waals surface area contributed by atoms with Crippen LogP contribution >= 0.6 is 23.2 Å². The predicted octanol–water partition coefficient (Wildman–Crippen LogP) is 3.29. The molecule has 1 fully saturated rings. The Morgan fingerprint density at radius 2 is 1.82 bits per heavy atom. The molecule has 1 unspecified atom stereocenters. The van der Waals surface area contributed by atoms with Crippen molar-refractivity contribution >= 4 is 23.2 Å². The van der Waals surface area contributed by atoms with E-state index in [9.17, 15) is 0 Å². The number of nitrogens with zero attached hydrogens (tertiary/aromatic N) is 3. The fraction of sp³-hybridized carbons (Fsp3) is 0.333. The minimum absolute atomic E-state index is 0.00728. The van der Waals surface area contributed by atoms with E-state index in [2.05, 4.69) is 10.2 Å². The minimum atomic E-state index is -0.243. The average molecular weight is 268 g/mol. The second-order valence-electron chi connectivity index (χ2n) is 4.37. The molecule has 88 valence electrons. The van der Waals surface area contributed by atoms with Gasteiger partial charge in [0.1, 0.15) is 12.7 Å². The smallest absolute Gasteiger partial charge is 0.119 e. The predicted molar refractivity (Wildman–Crippen MR) is 67.4 cm³/mol. The number of aromatic nitrogens is 3. The SMILES string of the molecule is Clc1ccccc1C(n1cnnc1)C1(Cl)CC1. The van der Waals surface area contributed by atoms with E-state index in [0.717, 1.165) is 23.4 Å². The molecule has 0 amide bonds. The molecule has 1 aliphatic carbocycles. The molecule has 1 aromatic carbocycles. The van der Waals surface area contributed by atoms with E-state index in [1.165, 1.54) is 0 Å². The fourth-order valence-corrected chi connectivity index (χ4v) is 2.70. The van der Waals surface area contributed by atoms with Crippen molar-refractivity contribution in [2.24, 2.45) is 0 Å². The molecule has 0 aliphatic heterocycles. The number of benzene rings is 1. The molecule has 0 spiro atoms. The van der Waals surface area contributed by atoms with Crippen molar-refractivity contribution in [1.29, 1.82) is 0 Å². The van der Waals surface area contributed by atoms with Gasteiger partial charge in [-0.15, -0.1) is 21.8 Å². The summed E-state index contributed by atoms with van der Waals surface area (Å²) in [7, 11) is 0. The second-order valence-corrected chi connectivity index (χ2v) is 5.53. The van der Waals surface area contributed by atoms with E-state index in [1.54, 1.807) is 12.7 Å². The summed E-state index contributed by atoms with van der Waals surface area (Å²) in [5.41, 5.74) is 1.03. The normalized spacial score (nSPS) is 18.9. The van der Waals surface area contributed by atoms with Crippen LogP contribution in [0.2, 0.25) is 5.02 Å². The lowest BCUT2D eigenvalue weighted by atomic mass is 10.0. The van der Waals surface area contributed by atoms with Crippen molar-refractivity contribution in [1.82, 2.24) is 14.8 Å². The molecule has 1 aromatic heterocycles. The summed E-state index contributed by atoms with van der Waals surface area (Å²) in [6.07, 6.45) is 5.36. The Morgan fingerprint density at radius 3 is 2.41 bits per heavy atom. The van der Waals surface area contributed by atoms with Crippen molar-refractivity contribution in [2.75, 3.05) is 0 Å². The van der Waals surface area contributed by atoms with Gasteiger partial charge in [0.2, 0.25) is 0 Å². The number of alkyl halides is 1. The van der Waals surface area contributed by atoms with Crippen molar-refractivity contribution in [3.63, 3.8) is 0 Å². The van der Waals surface area contributed by atoms with Crippen LogP contribution in [0.1, 0.15) is 24.4 Å². The largest absolute Gasteiger partial charge is 0.311 e. The highest BCUT2D eigenvalue weighted by Gasteiger charge is 2.50. The Hall–Kier alpha value is -1.06. The van der Waals surface area contributed by atoms with Crippen LogP contribution in [0, 0.1) is 0 Å². The molecule has 0 N–H and O–H groups in total. The topological polar surface area (TPSA) is 30.7 Å². The molecule has 5 heteroatoms. The first-order valence-corrected chi connectivity index (χ1v) is 6.24. The highest BCUT2D eigenvalue weighted by atomic mass is 35.5. The quantitative estimate of drug-likeness (QED) is 0.800. The molecule has 1 aliphatic rings. The monoisotopic (exact) mass is 267 g/mol. The highest BCUT2D eigenvalue weighted by Crippen LogP contribution is 2.54. The standard InChI is InChI=1S/C12H11Cl2N3/c13-10-4-2-1-3-9(10)11(12(14)5-6-12)17-7-15-16-8-17/h1-4,7-8,11H,5-6H2. The maximum absolute atomic E-state index is 6.57. The molecular formula is C12H11Cl2N3. The highest BCUT2D eigenvalue weighted by molar-refractivity contribution is 6.32. The Kier molecular flexibility index (Phi) is 2.60. The van der Waals surface area contributed by atoms with E-state index in [0.29, 0.717) is 0 Å². The Labute approximate surface area is 109 Å².